The van der Waals surface area contributed by atoms with Gasteiger partial charge in [-0.15, -0.1) is 0 Å². The highest BCUT2D eigenvalue weighted by Crippen LogP contribution is 2.19. The highest BCUT2D eigenvalue weighted by molar-refractivity contribution is 5.79. The predicted octanol–water partition coefficient (Wildman–Crippen LogP) is 2.33. The number of aromatic amines is 1. The van der Waals surface area contributed by atoms with Gasteiger partial charge in [-0.25, -0.2) is 4.98 Å². The number of aryl methyl sites for hydroxylation is 1. The zero-order valence-corrected chi connectivity index (χ0v) is 8.81. The van der Waals surface area contributed by atoms with Gasteiger partial charge in [0.05, 0.1) is 29.1 Å². The molecule has 0 atom stereocenters. The van der Waals surface area contributed by atoms with Crippen molar-refractivity contribution in [2.75, 3.05) is 0 Å². The zero-order valence-electron chi connectivity index (χ0n) is 8.81. The molecule has 0 saturated carbocycles. The smallest absolute Gasteiger partial charge is 0.0924 e. The van der Waals surface area contributed by atoms with Crippen molar-refractivity contribution in [3.63, 3.8) is 0 Å². The van der Waals surface area contributed by atoms with Crippen molar-refractivity contribution in [1.82, 2.24) is 20.2 Å². The molecule has 0 amide bonds. The van der Waals surface area contributed by atoms with E-state index < -0.39 is 0 Å². The van der Waals surface area contributed by atoms with Gasteiger partial charge in [-0.1, -0.05) is 12.1 Å². The van der Waals surface area contributed by atoms with E-state index >= 15 is 0 Å². The number of para-hydroxylation sites is 1. The normalized spacial score (nSPS) is 10.8. The van der Waals surface area contributed by atoms with Crippen molar-refractivity contribution in [3.05, 3.63) is 42.4 Å². The van der Waals surface area contributed by atoms with Crippen molar-refractivity contribution in [1.29, 1.82) is 0 Å². The second-order valence-corrected chi connectivity index (χ2v) is 3.68. The van der Waals surface area contributed by atoms with Crippen LogP contribution in [0.1, 0.15) is 5.56 Å². The van der Waals surface area contributed by atoms with Gasteiger partial charge in [-0.05, 0) is 18.6 Å². The Kier molecular flexibility index (Phi) is 1.93. The summed E-state index contributed by atoms with van der Waals surface area (Å²) in [6, 6.07) is 6.00. The van der Waals surface area contributed by atoms with E-state index in [-0.39, 0.29) is 0 Å². The predicted molar refractivity (Wildman–Crippen MR) is 61.9 cm³/mol. The summed E-state index contributed by atoms with van der Waals surface area (Å²) in [6.07, 6.45) is 5.33. The molecule has 0 unspecified atom stereocenters. The Bertz CT molecular complexity index is 629. The van der Waals surface area contributed by atoms with Crippen LogP contribution in [-0.2, 0) is 0 Å². The minimum atomic E-state index is 0.840. The Morgan fingerprint density at radius 1 is 1.19 bits per heavy atom. The maximum Gasteiger partial charge on any atom is 0.0924 e. The SMILES string of the molecule is Cc1cccc2nc(-c3cn[nH]c3)cnc12. The average Bonchev–Trinajstić information content (AvgIpc) is 2.82. The average molecular weight is 210 g/mol. The van der Waals surface area contributed by atoms with Crippen molar-refractivity contribution < 1.29 is 0 Å². The first-order valence-electron chi connectivity index (χ1n) is 5.06. The number of nitrogens with zero attached hydrogens (tertiary/aromatic N) is 3. The van der Waals surface area contributed by atoms with Crippen LogP contribution in [0.15, 0.2) is 36.8 Å². The molecule has 0 spiro atoms. The molecule has 3 rings (SSSR count). The summed E-state index contributed by atoms with van der Waals surface area (Å²) in [6.45, 7) is 2.04. The highest BCUT2D eigenvalue weighted by atomic mass is 15.1. The van der Waals surface area contributed by atoms with Crippen LogP contribution in [0.25, 0.3) is 22.3 Å². The molecule has 1 aromatic carbocycles. The molecule has 0 aliphatic heterocycles. The zero-order chi connectivity index (χ0) is 11.0. The summed E-state index contributed by atoms with van der Waals surface area (Å²) >= 11 is 0. The quantitative estimate of drug-likeness (QED) is 0.670. The minimum Gasteiger partial charge on any atom is -0.285 e. The van der Waals surface area contributed by atoms with E-state index in [1.54, 1.807) is 12.4 Å². The van der Waals surface area contributed by atoms with Gasteiger partial charge in [-0.2, -0.15) is 5.10 Å². The summed E-state index contributed by atoms with van der Waals surface area (Å²) in [5, 5.41) is 6.67. The summed E-state index contributed by atoms with van der Waals surface area (Å²) in [4.78, 5) is 8.99. The Balaban J connectivity index is 2.24. The summed E-state index contributed by atoms with van der Waals surface area (Å²) < 4.78 is 0. The number of hydrogen-bond acceptors (Lipinski definition) is 3. The van der Waals surface area contributed by atoms with E-state index in [1.807, 2.05) is 31.3 Å². The molecule has 0 radical (unpaired) electrons. The number of hydrogen-bond donors (Lipinski definition) is 1. The van der Waals surface area contributed by atoms with Crippen LogP contribution in [0.2, 0.25) is 0 Å². The van der Waals surface area contributed by atoms with Gasteiger partial charge >= 0.3 is 0 Å². The molecule has 4 heteroatoms. The molecule has 2 aromatic heterocycles. The lowest BCUT2D eigenvalue weighted by atomic mass is 10.2. The number of benzene rings is 1. The van der Waals surface area contributed by atoms with E-state index in [4.69, 9.17) is 0 Å². The molecule has 0 bridgehead atoms. The lowest BCUT2D eigenvalue weighted by Gasteiger charge is -2.01. The van der Waals surface area contributed by atoms with Gasteiger partial charge in [0.15, 0.2) is 0 Å². The first-order valence-corrected chi connectivity index (χ1v) is 5.06. The molecule has 78 valence electrons. The number of aromatic nitrogens is 4. The van der Waals surface area contributed by atoms with E-state index in [0.717, 1.165) is 27.9 Å². The maximum atomic E-state index is 4.56. The molecule has 0 aliphatic rings. The van der Waals surface area contributed by atoms with E-state index in [2.05, 4.69) is 20.2 Å². The fraction of sp³-hybridized carbons (Fsp3) is 0.0833. The van der Waals surface area contributed by atoms with Crippen molar-refractivity contribution in [3.8, 4) is 11.3 Å². The van der Waals surface area contributed by atoms with E-state index in [9.17, 15) is 0 Å². The Morgan fingerprint density at radius 2 is 2.12 bits per heavy atom. The van der Waals surface area contributed by atoms with Gasteiger partial charge < -0.3 is 0 Å². The molecule has 2 heterocycles. The summed E-state index contributed by atoms with van der Waals surface area (Å²) in [5.74, 6) is 0. The summed E-state index contributed by atoms with van der Waals surface area (Å²) in [5.41, 5.74) is 4.81. The number of nitrogens with one attached hydrogen (secondary N) is 1. The third kappa shape index (κ3) is 1.35. The van der Waals surface area contributed by atoms with Gasteiger partial charge in [0.2, 0.25) is 0 Å². The van der Waals surface area contributed by atoms with E-state index in [0.29, 0.717) is 0 Å². The Hall–Kier alpha value is -2.23. The van der Waals surface area contributed by atoms with Gasteiger partial charge in [-0.3, -0.25) is 10.1 Å². The van der Waals surface area contributed by atoms with Crippen LogP contribution in [0.3, 0.4) is 0 Å². The second-order valence-electron chi connectivity index (χ2n) is 3.68. The highest BCUT2D eigenvalue weighted by Gasteiger charge is 2.04. The molecule has 0 saturated heterocycles. The first-order chi connectivity index (χ1) is 7.84. The number of H-pyrrole nitrogens is 1. The maximum absolute atomic E-state index is 4.56. The van der Waals surface area contributed by atoms with Crippen LogP contribution >= 0.6 is 0 Å². The summed E-state index contributed by atoms with van der Waals surface area (Å²) in [7, 11) is 0. The molecule has 4 nitrogen and oxygen atoms in total. The Labute approximate surface area is 92.4 Å². The lowest BCUT2D eigenvalue weighted by Crippen LogP contribution is -1.89. The molecular weight excluding hydrogens is 200 g/mol. The van der Waals surface area contributed by atoms with Gasteiger partial charge in [0.1, 0.15) is 0 Å². The van der Waals surface area contributed by atoms with Crippen LogP contribution in [0.4, 0.5) is 0 Å². The fourth-order valence-electron chi connectivity index (χ4n) is 1.72. The van der Waals surface area contributed by atoms with Crippen molar-refractivity contribution in [2.45, 2.75) is 6.92 Å². The molecule has 3 aromatic rings. The lowest BCUT2D eigenvalue weighted by molar-refractivity contribution is 1.09. The van der Waals surface area contributed by atoms with Crippen LogP contribution in [-0.4, -0.2) is 20.2 Å². The molecule has 16 heavy (non-hydrogen) atoms. The molecule has 0 fully saturated rings. The number of rotatable bonds is 1. The van der Waals surface area contributed by atoms with Gasteiger partial charge in [0.25, 0.3) is 0 Å². The van der Waals surface area contributed by atoms with Crippen molar-refractivity contribution >= 4 is 11.0 Å². The van der Waals surface area contributed by atoms with Crippen LogP contribution in [0, 0.1) is 6.92 Å². The van der Waals surface area contributed by atoms with Crippen molar-refractivity contribution in [2.24, 2.45) is 0 Å². The monoisotopic (exact) mass is 210 g/mol. The third-order valence-corrected chi connectivity index (χ3v) is 2.57. The largest absolute Gasteiger partial charge is 0.285 e. The third-order valence-electron chi connectivity index (χ3n) is 2.57. The van der Waals surface area contributed by atoms with E-state index in [1.165, 1.54) is 0 Å². The van der Waals surface area contributed by atoms with Gasteiger partial charge in [0, 0.05) is 11.8 Å². The second kappa shape index (κ2) is 3.41. The molecule has 0 aliphatic carbocycles. The van der Waals surface area contributed by atoms with Crippen LogP contribution in [0.5, 0.6) is 0 Å². The first kappa shape index (κ1) is 9.03. The topological polar surface area (TPSA) is 54.5 Å². The fourth-order valence-corrected chi connectivity index (χ4v) is 1.72. The standard InChI is InChI=1S/C12H10N4/c1-8-3-2-4-10-12(8)13-7-11(16-10)9-5-14-15-6-9/h2-7H,1H3,(H,14,15). The number of fused-ring (bicyclic) bond motifs is 1. The Morgan fingerprint density at radius 3 is 2.94 bits per heavy atom. The minimum absolute atomic E-state index is 0.840. The molecular formula is C12H10N4. The molecule has 1 N–H and O–H groups in total. The van der Waals surface area contributed by atoms with Crippen LogP contribution < -0.4 is 0 Å².